The number of hydrogen-bond donors (Lipinski definition) is 1. The van der Waals surface area contributed by atoms with Gasteiger partial charge in [-0.2, -0.15) is 23.3 Å². The number of nitrogens with zero attached hydrogens (tertiary/aromatic N) is 3. The van der Waals surface area contributed by atoms with E-state index in [-0.39, 0.29) is 16.3 Å². The molecule has 1 aliphatic heterocycles. The highest BCUT2D eigenvalue weighted by Crippen LogP contribution is 2.41. The van der Waals surface area contributed by atoms with Gasteiger partial charge in [0, 0.05) is 37.5 Å². The molecule has 1 amide bonds. The van der Waals surface area contributed by atoms with Crippen LogP contribution in [0.15, 0.2) is 29.4 Å². The second-order valence-corrected chi connectivity index (χ2v) is 6.32. The van der Waals surface area contributed by atoms with Crippen LogP contribution in [0.3, 0.4) is 0 Å². The Balaban J connectivity index is 2.33. The van der Waals surface area contributed by atoms with E-state index in [1.807, 2.05) is 21.0 Å². The van der Waals surface area contributed by atoms with E-state index in [2.05, 4.69) is 5.10 Å². The van der Waals surface area contributed by atoms with Gasteiger partial charge in [-0.1, -0.05) is 13.3 Å². The minimum Gasteiger partial charge on any atom is -0.378 e. The maximum absolute atomic E-state index is 13.4. The lowest BCUT2D eigenvalue weighted by atomic mass is 10.0. The number of anilines is 1. The predicted octanol–water partition coefficient (Wildman–Crippen LogP) is 3.40. The second-order valence-electron chi connectivity index (χ2n) is 6.32. The first-order valence-corrected chi connectivity index (χ1v) is 8.07. The van der Waals surface area contributed by atoms with Crippen molar-refractivity contribution in [3.8, 4) is 0 Å². The first-order chi connectivity index (χ1) is 11.6. The van der Waals surface area contributed by atoms with Gasteiger partial charge in [-0.25, -0.2) is 0 Å². The summed E-state index contributed by atoms with van der Waals surface area (Å²) in [6, 6.07) is 6.09. The lowest BCUT2D eigenvalue weighted by Gasteiger charge is -2.32. The fraction of sp³-hybridized carbons (Fsp3) is 0.529. The number of alkyl halides is 3. The number of hydrogen-bond acceptors (Lipinski definition) is 4. The molecule has 0 aromatic heterocycles. The molecule has 0 aliphatic carbocycles. The van der Waals surface area contributed by atoms with Crippen molar-refractivity contribution in [1.82, 2.24) is 5.01 Å². The number of rotatable bonds is 5. The maximum atomic E-state index is 13.4. The molecule has 2 rings (SSSR count). The summed E-state index contributed by atoms with van der Waals surface area (Å²) in [4.78, 5) is 14.4. The van der Waals surface area contributed by atoms with E-state index in [1.165, 1.54) is 12.1 Å². The van der Waals surface area contributed by atoms with Crippen LogP contribution in [0.2, 0.25) is 0 Å². The van der Waals surface area contributed by atoms with Crippen LogP contribution in [0.4, 0.5) is 18.9 Å². The molecule has 0 fully saturated rings. The van der Waals surface area contributed by atoms with E-state index < -0.39 is 24.2 Å². The van der Waals surface area contributed by atoms with Crippen molar-refractivity contribution < 1.29 is 23.1 Å². The Labute approximate surface area is 144 Å². The molecule has 1 N–H and O–H groups in total. The fourth-order valence-corrected chi connectivity index (χ4v) is 2.60. The first kappa shape index (κ1) is 19.2. The summed E-state index contributed by atoms with van der Waals surface area (Å²) in [5.74, 6) is -0.975. The van der Waals surface area contributed by atoms with Gasteiger partial charge in [-0.05, 0) is 37.1 Å². The summed E-state index contributed by atoms with van der Waals surface area (Å²) < 4.78 is 40.2. The standard InChI is InChI=1S/C17H22F3N3O2/c1-4-5-6-13-11-16(25,17(18,19)20)23(21-13)15(24)12-7-9-14(10-8-12)22(2)3/h7-10,25H,4-6,11H2,1-3H3. The number of aliphatic hydroxyl groups is 1. The lowest BCUT2D eigenvalue weighted by Crippen LogP contribution is -2.56. The molecule has 1 aromatic rings. The summed E-state index contributed by atoms with van der Waals surface area (Å²) in [5.41, 5.74) is -2.28. The molecule has 1 heterocycles. The summed E-state index contributed by atoms with van der Waals surface area (Å²) in [7, 11) is 3.62. The van der Waals surface area contributed by atoms with Crippen molar-refractivity contribution in [3.63, 3.8) is 0 Å². The average molecular weight is 357 g/mol. The van der Waals surface area contributed by atoms with Crippen LogP contribution in [-0.4, -0.2) is 47.7 Å². The van der Waals surface area contributed by atoms with E-state index in [9.17, 15) is 23.1 Å². The van der Waals surface area contributed by atoms with Gasteiger partial charge in [0.05, 0.1) is 0 Å². The third-order valence-corrected chi connectivity index (χ3v) is 4.14. The van der Waals surface area contributed by atoms with Crippen LogP contribution < -0.4 is 4.90 Å². The Hall–Kier alpha value is -2.09. The van der Waals surface area contributed by atoms with Crippen LogP contribution in [0.25, 0.3) is 0 Å². The molecular formula is C17H22F3N3O2. The molecule has 0 bridgehead atoms. The highest BCUT2D eigenvalue weighted by atomic mass is 19.4. The van der Waals surface area contributed by atoms with E-state index in [0.717, 1.165) is 12.1 Å². The molecule has 1 aliphatic rings. The highest BCUT2D eigenvalue weighted by Gasteiger charge is 2.63. The zero-order chi connectivity index (χ0) is 18.8. The number of halogens is 3. The largest absolute Gasteiger partial charge is 0.438 e. The van der Waals surface area contributed by atoms with E-state index in [4.69, 9.17) is 0 Å². The molecule has 0 spiro atoms. The summed E-state index contributed by atoms with van der Waals surface area (Å²) in [6.45, 7) is 1.90. The van der Waals surface area contributed by atoms with Crippen molar-refractivity contribution in [2.45, 2.75) is 44.5 Å². The van der Waals surface area contributed by atoms with Crippen LogP contribution >= 0.6 is 0 Å². The Morgan fingerprint density at radius 2 is 1.92 bits per heavy atom. The fourth-order valence-electron chi connectivity index (χ4n) is 2.60. The Bertz CT molecular complexity index is 656. The zero-order valence-electron chi connectivity index (χ0n) is 14.5. The maximum Gasteiger partial charge on any atom is 0.438 e. The van der Waals surface area contributed by atoms with Gasteiger partial charge in [-0.3, -0.25) is 4.79 Å². The molecule has 8 heteroatoms. The van der Waals surface area contributed by atoms with Gasteiger partial charge in [0.25, 0.3) is 11.6 Å². The summed E-state index contributed by atoms with van der Waals surface area (Å²) in [6.07, 6.45) is -3.96. The van der Waals surface area contributed by atoms with Gasteiger partial charge in [-0.15, -0.1) is 0 Å². The van der Waals surface area contributed by atoms with E-state index in [0.29, 0.717) is 12.8 Å². The molecule has 138 valence electrons. The molecular weight excluding hydrogens is 335 g/mol. The topological polar surface area (TPSA) is 56.1 Å². The second kappa shape index (κ2) is 7.03. The molecule has 1 aromatic carbocycles. The number of carbonyl (C=O) groups is 1. The molecule has 1 atom stereocenters. The minimum absolute atomic E-state index is 0.0359. The van der Waals surface area contributed by atoms with Crippen molar-refractivity contribution in [2.24, 2.45) is 5.10 Å². The predicted molar refractivity (Wildman–Crippen MR) is 89.5 cm³/mol. The summed E-state index contributed by atoms with van der Waals surface area (Å²) >= 11 is 0. The molecule has 25 heavy (non-hydrogen) atoms. The molecule has 0 saturated carbocycles. The van der Waals surface area contributed by atoms with Gasteiger partial charge < -0.3 is 10.0 Å². The lowest BCUT2D eigenvalue weighted by molar-refractivity contribution is -0.297. The van der Waals surface area contributed by atoms with Crippen molar-refractivity contribution in [3.05, 3.63) is 29.8 Å². The van der Waals surface area contributed by atoms with Crippen LogP contribution in [-0.2, 0) is 0 Å². The van der Waals surface area contributed by atoms with Crippen molar-refractivity contribution in [1.29, 1.82) is 0 Å². The number of amides is 1. The van der Waals surface area contributed by atoms with Gasteiger partial charge in [0.15, 0.2) is 0 Å². The average Bonchev–Trinajstić information content (AvgIpc) is 2.90. The molecule has 1 unspecified atom stereocenters. The van der Waals surface area contributed by atoms with E-state index >= 15 is 0 Å². The number of carbonyl (C=O) groups excluding carboxylic acids is 1. The Morgan fingerprint density at radius 1 is 1.32 bits per heavy atom. The van der Waals surface area contributed by atoms with Gasteiger partial charge in [0.1, 0.15) is 0 Å². The number of unbranched alkanes of at least 4 members (excludes halogenated alkanes) is 1. The van der Waals surface area contributed by atoms with Crippen molar-refractivity contribution in [2.75, 3.05) is 19.0 Å². The van der Waals surface area contributed by atoms with Crippen LogP contribution in [0, 0.1) is 0 Å². The Kier molecular flexibility index (Phi) is 5.41. The van der Waals surface area contributed by atoms with Gasteiger partial charge in [0.2, 0.25) is 0 Å². The summed E-state index contributed by atoms with van der Waals surface area (Å²) in [5, 5.41) is 14.2. The highest BCUT2D eigenvalue weighted by molar-refractivity contribution is 5.98. The quantitative estimate of drug-likeness (QED) is 0.879. The third-order valence-electron chi connectivity index (χ3n) is 4.14. The van der Waals surface area contributed by atoms with Crippen LogP contribution in [0.5, 0.6) is 0 Å². The smallest absolute Gasteiger partial charge is 0.378 e. The number of benzene rings is 1. The zero-order valence-corrected chi connectivity index (χ0v) is 14.5. The molecule has 0 saturated heterocycles. The Morgan fingerprint density at radius 3 is 2.40 bits per heavy atom. The third kappa shape index (κ3) is 3.78. The first-order valence-electron chi connectivity index (χ1n) is 8.07. The van der Waals surface area contributed by atoms with Gasteiger partial charge >= 0.3 is 6.18 Å². The molecule has 0 radical (unpaired) electrons. The van der Waals surface area contributed by atoms with Crippen molar-refractivity contribution >= 4 is 17.3 Å². The number of hydrazone groups is 1. The molecule has 5 nitrogen and oxygen atoms in total. The monoisotopic (exact) mass is 357 g/mol. The van der Waals surface area contributed by atoms with E-state index in [1.54, 1.807) is 17.0 Å². The SMILES string of the molecule is CCCCC1=NN(C(=O)c2ccc(N(C)C)cc2)C(O)(C(F)(F)F)C1. The normalized spacial score (nSPS) is 20.6. The van der Waals surface area contributed by atoms with Crippen LogP contribution in [0.1, 0.15) is 43.0 Å². The minimum atomic E-state index is -5.00.